The Morgan fingerprint density at radius 1 is 1.44 bits per heavy atom. The summed E-state index contributed by atoms with van der Waals surface area (Å²) in [5.74, 6) is 0. The largest absolute Gasteiger partial charge is 0.398 e. The molecular formula is C12H18N4. The van der Waals surface area contributed by atoms with Crippen molar-refractivity contribution in [2.45, 2.75) is 39.2 Å². The van der Waals surface area contributed by atoms with Crippen molar-refractivity contribution in [3.63, 3.8) is 0 Å². The smallest absolute Gasteiger partial charge is 0.160 e. The summed E-state index contributed by atoms with van der Waals surface area (Å²) in [6, 6.07) is 1.81. The molecule has 2 heterocycles. The van der Waals surface area contributed by atoms with Crippen LogP contribution in [0.25, 0.3) is 11.0 Å². The van der Waals surface area contributed by atoms with Crippen LogP contribution in [0.15, 0.2) is 18.5 Å². The van der Waals surface area contributed by atoms with Crippen molar-refractivity contribution in [3.8, 4) is 0 Å². The van der Waals surface area contributed by atoms with Gasteiger partial charge in [-0.3, -0.25) is 0 Å². The third-order valence-corrected chi connectivity index (χ3v) is 2.94. The van der Waals surface area contributed by atoms with Gasteiger partial charge in [0.15, 0.2) is 5.65 Å². The first kappa shape index (κ1) is 10.9. The van der Waals surface area contributed by atoms with Crippen molar-refractivity contribution < 1.29 is 0 Å². The summed E-state index contributed by atoms with van der Waals surface area (Å²) in [5.41, 5.74) is 7.49. The van der Waals surface area contributed by atoms with Gasteiger partial charge in [-0.1, -0.05) is 13.3 Å². The molecule has 0 unspecified atom stereocenters. The lowest BCUT2D eigenvalue weighted by Gasteiger charge is -2.25. The summed E-state index contributed by atoms with van der Waals surface area (Å²) in [7, 11) is 0. The highest BCUT2D eigenvalue weighted by Gasteiger charge is 2.22. The van der Waals surface area contributed by atoms with Gasteiger partial charge in [-0.15, -0.1) is 0 Å². The summed E-state index contributed by atoms with van der Waals surface area (Å²) in [6.45, 7) is 6.52. The van der Waals surface area contributed by atoms with Crippen molar-refractivity contribution >= 4 is 16.7 Å². The monoisotopic (exact) mass is 218 g/mol. The fraction of sp³-hybridized carbons (Fsp3) is 0.500. The van der Waals surface area contributed by atoms with Crippen LogP contribution < -0.4 is 5.73 Å². The van der Waals surface area contributed by atoms with E-state index in [0.717, 1.165) is 29.6 Å². The first-order valence-corrected chi connectivity index (χ1v) is 5.65. The van der Waals surface area contributed by atoms with E-state index in [-0.39, 0.29) is 5.54 Å². The zero-order valence-corrected chi connectivity index (χ0v) is 10.1. The molecule has 0 amide bonds. The van der Waals surface area contributed by atoms with Gasteiger partial charge in [0.05, 0.1) is 17.1 Å². The summed E-state index contributed by atoms with van der Waals surface area (Å²) >= 11 is 0. The third-order valence-electron chi connectivity index (χ3n) is 2.94. The van der Waals surface area contributed by atoms with Crippen molar-refractivity contribution in [1.29, 1.82) is 0 Å². The first-order chi connectivity index (χ1) is 7.56. The maximum Gasteiger partial charge on any atom is 0.160 e. The zero-order chi connectivity index (χ0) is 11.8. The molecular weight excluding hydrogens is 200 g/mol. The zero-order valence-electron chi connectivity index (χ0n) is 10.1. The van der Waals surface area contributed by atoms with Gasteiger partial charge in [0.25, 0.3) is 0 Å². The molecule has 4 nitrogen and oxygen atoms in total. The van der Waals surface area contributed by atoms with Crippen LogP contribution in [0.3, 0.4) is 0 Å². The molecule has 0 saturated carbocycles. The van der Waals surface area contributed by atoms with Crippen LogP contribution in [0.2, 0.25) is 0 Å². The predicted molar refractivity (Wildman–Crippen MR) is 66.2 cm³/mol. The standard InChI is InChI=1S/C12H18N4/c1-4-6-12(2,3)16-11-9(8-15-16)10(13)5-7-14-11/h5,7-8H,4,6H2,1-3H3,(H2,13,14). The third kappa shape index (κ3) is 1.64. The highest BCUT2D eigenvalue weighted by Crippen LogP contribution is 2.26. The number of fused-ring (bicyclic) bond motifs is 1. The molecule has 0 spiro atoms. The van der Waals surface area contributed by atoms with E-state index < -0.39 is 0 Å². The summed E-state index contributed by atoms with van der Waals surface area (Å²) in [6.07, 6.45) is 5.73. The molecule has 4 heteroatoms. The Hall–Kier alpha value is -1.58. The van der Waals surface area contributed by atoms with Crippen molar-refractivity contribution in [2.24, 2.45) is 0 Å². The molecule has 16 heavy (non-hydrogen) atoms. The van der Waals surface area contributed by atoms with Gasteiger partial charge in [0.1, 0.15) is 0 Å². The topological polar surface area (TPSA) is 56.7 Å². The first-order valence-electron chi connectivity index (χ1n) is 5.65. The maximum absolute atomic E-state index is 5.89. The van der Waals surface area contributed by atoms with Crippen LogP contribution in [0, 0.1) is 0 Å². The van der Waals surface area contributed by atoms with E-state index >= 15 is 0 Å². The molecule has 2 aromatic rings. The average Bonchev–Trinajstić information content (AvgIpc) is 2.63. The number of nitrogen functional groups attached to an aromatic ring is 1. The van der Waals surface area contributed by atoms with Crippen LogP contribution in [0.5, 0.6) is 0 Å². The van der Waals surface area contributed by atoms with E-state index in [1.54, 1.807) is 18.5 Å². The normalized spacial score (nSPS) is 12.2. The summed E-state index contributed by atoms with van der Waals surface area (Å²) in [5, 5.41) is 5.36. The van der Waals surface area contributed by atoms with Gasteiger partial charge in [-0.25, -0.2) is 9.67 Å². The minimum Gasteiger partial charge on any atom is -0.398 e. The molecule has 0 radical (unpaired) electrons. The highest BCUT2D eigenvalue weighted by atomic mass is 15.3. The number of hydrogen-bond donors (Lipinski definition) is 1. The van der Waals surface area contributed by atoms with E-state index in [9.17, 15) is 0 Å². The van der Waals surface area contributed by atoms with E-state index in [1.807, 2.05) is 4.68 Å². The van der Waals surface area contributed by atoms with E-state index in [1.165, 1.54) is 0 Å². The number of nitrogens with two attached hydrogens (primary N) is 1. The van der Waals surface area contributed by atoms with Crippen molar-refractivity contribution in [3.05, 3.63) is 18.5 Å². The molecule has 0 aliphatic heterocycles. The second-order valence-corrected chi connectivity index (χ2v) is 4.76. The Morgan fingerprint density at radius 2 is 2.19 bits per heavy atom. The van der Waals surface area contributed by atoms with Gasteiger partial charge in [0.2, 0.25) is 0 Å². The van der Waals surface area contributed by atoms with Gasteiger partial charge in [-0.2, -0.15) is 5.10 Å². The summed E-state index contributed by atoms with van der Waals surface area (Å²) in [4.78, 5) is 4.37. The minimum absolute atomic E-state index is 0.0166. The van der Waals surface area contributed by atoms with E-state index in [4.69, 9.17) is 5.73 Å². The Balaban J connectivity index is 2.58. The van der Waals surface area contributed by atoms with Crippen molar-refractivity contribution in [1.82, 2.24) is 14.8 Å². The van der Waals surface area contributed by atoms with Gasteiger partial charge < -0.3 is 5.73 Å². The van der Waals surface area contributed by atoms with E-state index in [2.05, 4.69) is 30.9 Å². The molecule has 0 aliphatic rings. The lowest BCUT2D eigenvalue weighted by atomic mass is 9.99. The van der Waals surface area contributed by atoms with Crippen LogP contribution in [-0.4, -0.2) is 14.8 Å². The number of anilines is 1. The second kappa shape index (κ2) is 3.77. The maximum atomic E-state index is 5.89. The molecule has 0 fully saturated rings. The molecule has 0 saturated heterocycles. The Morgan fingerprint density at radius 3 is 2.88 bits per heavy atom. The van der Waals surface area contributed by atoms with Crippen LogP contribution in [0.1, 0.15) is 33.6 Å². The lowest BCUT2D eigenvalue weighted by Crippen LogP contribution is -2.27. The number of nitrogens with zero attached hydrogens (tertiary/aromatic N) is 3. The molecule has 0 aliphatic carbocycles. The average molecular weight is 218 g/mol. The molecule has 2 rings (SSSR count). The van der Waals surface area contributed by atoms with Crippen LogP contribution >= 0.6 is 0 Å². The number of pyridine rings is 1. The molecule has 86 valence electrons. The molecule has 0 atom stereocenters. The lowest BCUT2D eigenvalue weighted by molar-refractivity contribution is 0.301. The molecule has 0 aromatic carbocycles. The minimum atomic E-state index is -0.0166. The Kier molecular flexibility index (Phi) is 2.58. The van der Waals surface area contributed by atoms with Gasteiger partial charge in [0, 0.05) is 11.9 Å². The molecule has 0 bridgehead atoms. The number of hydrogen-bond acceptors (Lipinski definition) is 3. The highest BCUT2D eigenvalue weighted by molar-refractivity contribution is 5.87. The predicted octanol–water partition coefficient (Wildman–Crippen LogP) is 2.55. The fourth-order valence-corrected chi connectivity index (χ4v) is 2.11. The van der Waals surface area contributed by atoms with Crippen LogP contribution in [0.4, 0.5) is 5.69 Å². The SMILES string of the molecule is CCCC(C)(C)n1ncc2c(N)ccnc21. The van der Waals surface area contributed by atoms with E-state index in [0.29, 0.717) is 0 Å². The Labute approximate surface area is 95.5 Å². The molecule has 2 N–H and O–H groups in total. The van der Waals surface area contributed by atoms with Gasteiger partial charge >= 0.3 is 0 Å². The summed E-state index contributed by atoms with van der Waals surface area (Å²) < 4.78 is 1.97. The number of rotatable bonds is 3. The van der Waals surface area contributed by atoms with Gasteiger partial charge in [-0.05, 0) is 26.3 Å². The quantitative estimate of drug-likeness (QED) is 0.861. The number of aromatic nitrogens is 3. The molecule has 2 aromatic heterocycles. The van der Waals surface area contributed by atoms with Crippen molar-refractivity contribution in [2.75, 3.05) is 5.73 Å². The fourth-order valence-electron chi connectivity index (χ4n) is 2.11. The Bertz CT molecular complexity index is 499. The van der Waals surface area contributed by atoms with Crippen LogP contribution in [-0.2, 0) is 5.54 Å². The second-order valence-electron chi connectivity index (χ2n) is 4.76.